The molecular weight excluding hydrogens is 252 g/mol. The number of phenolic OH excluding ortho intramolecular Hbond substituents is 1. The number of anilines is 1. The number of benzene rings is 2. The van der Waals surface area contributed by atoms with E-state index in [2.05, 4.69) is 4.98 Å². The third-order valence-corrected chi connectivity index (χ3v) is 2.91. The summed E-state index contributed by atoms with van der Waals surface area (Å²) in [5.41, 5.74) is 8.17. The van der Waals surface area contributed by atoms with E-state index in [0.29, 0.717) is 21.7 Å². The molecule has 4 nitrogen and oxygen atoms in total. The maximum Gasteiger partial charge on any atom is 0.292 e. The van der Waals surface area contributed by atoms with Gasteiger partial charge in [-0.2, -0.15) is 4.98 Å². The quantitative estimate of drug-likeness (QED) is 0.703. The first kappa shape index (κ1) is 10.9. The van der Waals surface area contributed by atoms with Gasteiger partial charge in [0.05, 0.1) is 0 Å². The zero-order valence-electron chi connectivity index (χ0n) is 9.22. The number of hydrogen-bond acceptors (Lipinski definition) is 4. The van der Waals surface area contributed by atoms with Gasteiger partial charge in [0.2, 0.25) is 0 Å². The molecule has 18 heavy (non-hydrogen) atoms. The fourth-order valence-electron chi connectivity index (χ4n) is 1.85. The lowest BCUT2D eigenvalue weighted by Gasteiger charge is -2.04. The van der Waals surface area contributed by atoms with Crippen LogP contribution in [0.25, 0.3) is 22.2 Å². The van der Waals surface area contributed by atoms with Crippen molar-refractivity contribution in [3.05, 3.63) is 41.4 Å². The predicted octanol–water partition coefficient (Wildman–Crippen LogP) is 3.44. The Hall–Kier alpha value is -2.20. The maximum absolute atomic E-state index is 9.84. The zero-order valence-corrected chi connectivity index (χ0v) is 9.98. The van der Waals surface area contributed by atoms with Gasteiger partial charge in [0, 0.05) is 10.6 Å². The van der Waals surface area contributed by atoms with Gasteiger partial charge in [0.15, 0.2) is 5.58 Å². The van der Waals surface area contributed by atoms with Crippen LogP contribution in [0.15, 0.2) is 40.8 Å². The van der Waals surface area contributed by atoms with Gasteiger partial charge in [0.1, 0.15) is 11.3 Å². The molecular formula is C13H9ClN2O2. The van der Waals surface area contributed by atoms with Gasteiger partial charge in [-0.25, -0.2) is 0 Å². The van der Waals surface area contributed by atoms with Crippen LogP contribution in [0.3, 0.4) is 0 Å². The van der Waals surface area contributed by atoms with Crippen molar-refractivity contribution in [3.8, 4) is 16.9 Å². The average molecular weight is 261 g/mol. The summed E-state index contributed by atoms with van der Waals surface area (Å²) in [4.78, 5) is 4.01. The van der Waals surface area contributed by atoms with E-state index in [1.807, 2.05) is 6.07 Å². The minimum Gasteiger partial charge on any atom is -0.507 e. The van der Waals surface area contributed by atoms with Gasteiger partial charge < -0.3 is 15.3 Å². The number of fused-ring (bicyclic) bond motifs is 1. The molecule has 0 aliphatic carbocycles. The van der Waals surface area contributed by atoms with Crippen molar-refractivity contribution in [3.63, 3.8) is 0 Å². The molecule has 3 N–H and O–H groups in total. The summed E-state index contributed by atoms with van der Waals surface area (Å²) in [7, 11) is 0. The standard InChI is InChI=1S/C13H9ClN2O2/c14-8-2-4-11(17)9(6-8)7-1-3-10-12(5-7)18-13(15)16-10/h1-6,17H,(H2,15,16). The normalized spacial score (nSPS) is 10.9. The number of aromatic hydroxyl groups is 1. The number of nitrogen functional groups attached to an aromatic ring is 1. The summed E-state index contributed by atoms with van der Waals surface area (Å²) >= 11 is 5.92. The van der Waals surface area contributed by atoms with Crippen molar-refractivity contribution in [2.24, 2.45) is 0 Å². The topological polar surface area (TPSA) is 72.3 Å². The third kappa shape index (κ3) is 1.76. The minimum atomic E-state index is 0.123. The summed E-state index contributed by atoms with van der Waals surface area (Å²) in [6, 6.07) is 10.4. The van der Waals surface area contributed by atoms with Crippen LogP contribution in [-0.4, -0.2) is 10.1 Å². The van der Waals surface area contributed by atoms with Crippen LogP contribution in [-0.2, 0) is 0 Å². The molecule has 0 spiro atoms. The van der Waals surface area contributed by atoms with Crippen LogP contribution in [0.4, 0.5) is 6.01 Å². The third-order valence-electron chi connectivity index (χ3n) is 2.67. The van der Waals surface area contributed by atoms with Crippen molar-refractivity contribution < 1.29 is 9.52 Å². The lowest BCUT2D eigenvalue weighted by atomic mass is 10.0. The van der Waals surface area contributed by atoms with Crippen molar-refractivity contribution in [1.82, 2.24) is 4.98 Å². The summed E-state index contributed by atoms with van der Waals surface area (Å²) in [6.45, 7) is 0. The molecule has 5 heteroatoms. The fraction of sp³-hybridized carbons (Fsp3) is 0. The van der Waals surface area contributed by atoms with E-state index in [0.717, 1.165) is 5.56 Å². The van der Waals surface area contributed by atoms with Crippen LogP contribution < -0.4 is 5.73 Å². The van der Waals surface area contributed by atoms with Crippen molar-refractivity contribution in [1.29, 1.82) is 0 Å². The molecule has 2 aromatic carbocycles. The van der Waals surface area contributed by atoms with Gasteiger partial charge in [-0.1, -0.05) is 17.7 Å². The largest absolute Gasteiger partial charge is 0.507 e. The summed E-state index contributed by atoms with van der Waals surface area (Å²) < 4.78 is 5.25. The molecule has 0 atom stereocenters. The number of nitrogens with two attached hydrogens (primary N) is 1. The molecule has 90 valence electrons. The molecule has 0 aliphatic rings. The lowest BCUT2D eigenvalue weighted by molar-refractivity contribution is 0.477. The molecule has 1 aromatic heterocycles. The Morgan fingerprint density at radius 2 is 2.00 bits per heavy atom. The second-order valence-electron chi connectivity index (χ2n) is 3.90. The fourth-order valence-corrected chi connectivity index (χ4v) is 2.02. The zero-order chi connectivity index (χ0) is 12.7. The van der Waals surface area contributed by atoms with Crippen LogP contribution in [0.1, 0.15) is 0 Å². The Morgan fingerprint density at radius 3 is 2.83 bits per heavy atom. The molecule has 3 aromatic rings. The molecule has 3 rings (SSSR count). The second-order valence-corrected chi connectivity index (χ2v) is 4.33. The van der Waals surface area contributed by atoms with Crippen molar-refractivity contribution >= 4 is 28.7 Å². The summed E-state index contributed by atoms with van der Waals surface area (Å²) in [6.07, 6.45) is 0. The van der Waals surface area contributed by atoms with Crippen LogP contribution >= 0.6 is 11.6 Å². The maximum atomic E-state index is 9.84. The van der Waals surface area contributed by atoms with Crippen molar-refractivity contribution in [2.75, 3.05) is 5.73 Å². The highest BCUT2D eigenvalue weighted by atomic mass is 35.5. The Balaban J connectivity index is 2.21. The van der Waals surface area contributed by atoms with Gasteiger partial charge in [-0.3, -0.25) is 0 Å². The molecule has 0 radical (unpaired) electrons. The Kier molecular flexibility index (Phi) is 2.38. The van der Waals surface area contributed by atoms with Gasteiger partial charge in [-0.05, 0) is 35.9 Å². The van der Waals surface area contributed by atoms with E-state index < -0.39 is 0 Å². The van der Waals surface area contributed by atoms with E-state index >= 15 is 0 Å². The van der Waals surface area contributed by atoms with Gasteiger partial charge in [0.25, 0.3) is 6.01 Å². The second kappa shape index (κ2) is 3.92. The average Bonchev–Trinajstić information content (AvgIpc) is 2.71. The predicted molar refractivity (Wildman–Crippen MR) is 70.5 cm³/mol. The van der Waals surface area contributed by atoms with E-state index in [4.69, 9.17) is 21.8 Å². The SMILES string of the molecule is Nc1nc2ccc(-c3cc(Cl)ccc3O)cc2o1. The van der Waals surface area contributed by atoms with Gasteiger partial charge >= 0.3 is 0 Å². The van der Waals surface area contributed by atoms with Crippen LogP contribution in [0.5, 0.6) is 5.75 Å². The van der Waals surface area contributed by atoms with Crippen molar-refractivity contribution in [2.45, 2.75) is 0 Å². The number of aromatic nitrogens is 1. The van der Waals surface area contributed by atoms with Gasteiger partial charge in [-0.15, -0.1) is 0 Å². The number of oxazole rings is 1. The molecule has 0 amide bonds. The number of hydrogen-bond donors (Lipinski definition) is 2. The Bertz CT molecular complexity index is 737. The minimum absolute atomic E-state index is 0.123. The number of halogens is 1. The number of phenols is 1. The Morgan fingerprint density at radius 1 is 1.17 bits per heavy atom. The number of nitrogens with zero attached hydrogens (tertiary/aromatic N) is 1. The molecule has 0 fully saturated rings. The van der Waals surface area contributed by atoms with Crippen LogP contribution in [0, 0.1) is 0 Å². The first-order valence-corrected chi connectivity index (χ1v) is 5.66. The summed E-state index contributed by atoms with van der Waals surface area (Å²) in [5, 5.41) is 10.4. The monoisotopic (exact) mass is 260 g/mol. The van der Waals surface area contributed by atoms with E-state index in [-0.39, 0.29) is 11.8 Å². The summed E-state index contributed by atoms with van der Waals surface area (Å²) in [5.74, 6) is 0.159. The molecule has 0 saturated heterocycles. The highest BCUT2D eigenvalue weighted by Gasteiger charge is 2.09. The molecule has 0 unspecified atom stereocenters. The first-order valence-electron chi connectivity index (χ1n) is 5.28. The van der Waals surface area contributed by atoms with Crippen LogP contribution in [0.2, 0.25) is 5.02 Å². The first-order chi connectivity index (χ1) is 8.63. The molecule has 0 aliphatic heterocycles. The van der Waals surface area contributed by atoms with E-state index in [1.54, 1.807) is 30.3 Å². The highest BCUT2D eigenvalue weighted by Crippen LogP contribution is 2.33. The van der Waals surface area contributed by atoms with E-state index in [1.165, 1.54) is 0 Å². The highest BCUT2D eigenvalue weighted by molar-refractivity contribution is 6.31. The molecule has 1 heterocycles. The Labute approximate surface area is 108 Å². The molecule has 0 bridgehead atoms. The molecule has 0 saturated carbocycles. The lowest BCUT2D eigenvalue weighted by Crippen LogP contribution is -1.80. The smallest absolute Gasteiger partial charge is 0.292 e. The van der Waals surface area contributed by atoms with E-state index in [9.17, 15) is 5.11 Å². The number of rotatable bonds is 1.